The van der Waals surface area contributed by atoms with Crippen LogP contribution in [0.25, 0.3) is 0 Å². The topological polar surface area (TPSA) is 54.4 Å². The SMILES string of the molecule is O=S(=O)=CC(O)c1ccccc1. The summed E-state index contributed by atoms with van der Waals surface area (Å²) in [7, 11) is -2.32. The zero-order valence-corrected chi connectivity index (χ0v) is 7.03. The molecule has 3 nitrogen and oxygen atoms in total. The first-order valence-electron chi connectivity index (χ1n) is 3.36. The van der Waals surface area contributed by atoms with E-state index in [9.17, 15) is 13.5 Å². The second kappa shape index (κ2) is 4.04. The Bertz CT molecular complexity index is 359. The predicted molar refractivity (Wildman–Crippen MR) is 46.4 cm³/mol. The van der Waals surface area contributed by atoms with Gasteiger partial charge in [0.05, 0.1) is 5.37 Å². The summed E-state index contributed by atoms with van der Waals surface area (Å²) in [4.78, 5) is 0. The third kappa shape index (κ3) is 2.48. The monoisotopic (exact) mass is 184 g/mol. The first-order chi connectivity index (χ1) is 5.70. The van der Waals surface area contributed by atoms with Gasteiger partial charge in [-0.15, -0.1) is 0 Å². The third-order valence-corrected chi connectivity index (χ3v) is 1.86. The Morgan fingerprint density at radius 2 is 1.83 bits per heavy atom. The first-order valence-corrected chi connectivity index (χ1v) is 4.50. The summed E-state index contributed by atoms with van der Waals surface area (Å²) < 4.78 is 20.3. The first kappa shape index (κ1) is 8.96. The van der Waals surface area contributed by atoms with Crippen LogP contribution in [0.2, 0.25) is 0 Å². The number of aliphatic hydroxyl groups excluding tert-OH is 1. The molecule has 1 aromatic carbocycles. The quantitative estimate of drug-likeness (QED) is 0.677. The van der Waals surface area contributed by atoms with Gasteiger partial charge in [0.25, 0.3) is 0 Å². The molecule has 0 aromatic heterocycles. The van der Waals surface area contributed by atoms with Crippen LogP contribution in [-0.2, 0) is 10.3 Å². The summed E-state index contributed by atoms with van der Waals surface area (Å²) in [5.74, 6) is 0. The van der Waals surface area contributed by atoms with Crippen molar-refractivity contribution in [3.63, 3.8) is 0 Å². The van der Waals surface area contributed by atoms with E-state index in [0.29, 0.717) is 5.56 Å². The van der Waals surface area contributed by atoms with Gasteiger partial charge in [0.15, 0.2) is 0 Å². The lowest BCUT2D eigenvalue weighted by molar-refractivity contribution is 0.254. The molecule has 4 heteroatoms. The van der Waals surface area contributed by atoms with Crippen LogP contribution in [-0.4, -0.2) is 18.9 Å². The highest BCUT2D eigenvalue weighted by atomic mass is 32.2. The van der Waals surface area contributed by atoms with Gasteiger partial charge in [0.2, 0.25) is 10.3 Å². The zero-order chi connectivity index (χ0) is 8.97. The molecule has 0 saturated heterocycles. The second-order valence-corrected chi connectivity index (χ2v) is 3.05. The van der Waals surface area contributed by atoms with Gasteiger partial charge in [-0.05, 0) is 5.56 Å². The minimum Gasteiger partial charge on any atom is -0.383 e. The van der Waals surface area contributed by atoms with Gasteiger partial charge >= 0.3 is 0 Å². The smallest absolute Gasteiger partial charge is 0.212 e. The van der Waals surface area contributed by atoms with Crippen LogP contribution >= 0.6 is 0 Å². The number of benzene rings is 1. The lowest BCUT2D eigenvalue weighted by atomic mass is 10.1. The van der Waals surface area contributed by atoms with Crippen molar-refractivity contribution in [1.29, 1.82) is 0 Å². The molecule has 0 aliphatic rings. The maximum atomic E-state index is 10.2. The number of hydrogen-bond acceptors (Lipinski definition) is 3. The normalized spacial score (nSPS) is 12.1. The molecule has 1 rings (SSSR count). The highest BCUT2D eigenvalue weighted by Crippen LogP contribution is 2.08. The summed E-state index contributed by atoms with van der Waals surface area (Å²) in [6, 6.07) is 8.59. The van der Waals surface area contributed by atoms with Gasteiger partial charge < -0.3 is 5.11 Å². The van der Waals surface area contributed by atoms with E-state index in [1.54, 1.807) is 30.3 Å². The Labute approximate surface area is 71.8 Å². The molecular weight excluding hydrogens is 176 g/mol. The lowest BCUT2D eigenvalue weighted by Gasteiger charge is -2.01. The molecule has 1 atom stereocenters. The minimum absolute atomic E-state index is 0.571. The number of rotatable bonds is 2. The van der Waals surface area contributed by atoms with E-state index in [2.05, 4.69) is 0 Å². The fraction of sp³-hybridized carbons (Fsp3) is 0.125. The van der Waals surface area contributed by atoms with Crippen LogP contribution in [0.5, 0.6) is 0 Å². The molecule has 1 N–H and O–H groups in total. The van der Waals surface area contributed by atoms with Crippen LogP contribution in [0.15, 0.2) is 30.3 Å². The summed E-state index contributed by atoms with van der Waals surface area (Å²) in [5.41, 5.74) is 0.571. The lowest BCUT2D eigenvalue weighted by Crippen LogP contribution is -1.98. The Morgan fingerprint density at radius 1 is 1.25 bits per heavy atom. The molecular formula is C8H8O3S. The minimum atomic E-state index is -2.32. The summed E-state index contributed by atoms with van der Waals surface area (Å²) >= 11 is 0. The predicted octanol–water partition coefficient (Wildman–Crippen LogP) is 0.401. The van der Waals surface area contributed by atoms with E-state index in [-0.39, 0.29) is 0 Å². The largest absolute Gasteiger partial charge is 0.383 e. The number of aliphatic hydroxyl groups is 1. The van der Waals surface area contributed by atoms with E-state index in [4.69, 9.17) is 0 Å². The maximum Gasteiger partial charge on any atom is 0.212 e. The maximum absolute atomic E-state index is 10.2. The second-order valence-electron chi connectivity index (χ2n) is 2.25. The van der Waals surface area contributed by atoms with Crippen LogP contribution in [0.3, 0.4) is 0 Å². The highest BCUT2D eigenvalue weighted by molar-refractivity contribution is 7.71. The molecule has 0 amide bonds. The Hall–Kier alpha value is -1.13. The summed E-state index contributed by atoms with van der Waals surface area (Å²) in [6.07, 6.45) is -1.04. The van der Waals surface area contributed by atoms with E-state index >= 15 is 0 Å². The van der Waals surface area contributed by atoms with Crippen LogP contribution < -0.4 is 0 Å². The van der Waals surface area contributed by atoms with Crippen molar-refractivity contribution >= 4 is 15.7 Å². The van der Waals surface area contributed by atoms with Gasteiger partial charge in [0, 0.05) is 0 Å². The van der Waals surface area contributed by atoms with Crippen molar-refractivity contribution in [3.05, 3.63) is 35.9 Å². The molecule has 0 bridgehead atoms. The molecule has 0 fully saturated rings. The van der Waals surface area contributed by atoms with Crippen molar-refractivity contribution in [1.82, 2.24) is 0 Å². The van der Waals surface area contributed by atoms with E-state index in [0.717, 1.165) is 5.37 Å². The fourth-order valence-corrected chi connectivity index (χ4v) is 1.20. The molecule has 64 valence electrons. The van der Waals surface area contributed by atoms with Gasteiger partial charge in [-0.2, -0.15) is 8.42 Å². The van der Waals surface area contributed by atoms with Crippen molar-refractivity contribution in [2.75, 3.05) is 0 Å². The van der Waals surface area contributed by atoms with E-state index in [1.807, 2.05) is 0 Å². The highest BCUT2D eigenvalue weighted by Gasteiger charge is 2.01. The van der Waals surface area contributed by atoms with Crippen LogP contribution in [0.4, 0.5) is 0 Å². The van der Waals surface area contributed by atoms with Gasteiger partial charge in [-0.3, -0.25) is 0 Å². The summed E-state index contributed by atoms with van der Waals surface area (Å²) in [6.45, 7) is 0. The van der Waals surface area contributed by atoms with Crippen LogP contribution in [0.1, 0.15) is 11.7 Å². The molecule has 0 aliphatic heterocycles. The van der Waals surface area contributed by atoms with Crippen molar-refractivity contribution < 1.29 is 13.5 Å². The Morgan fingerprint density at radius 3 is 2.33 bits per heavy atom. The third-order valence-electron chi connectivity index (χ3n) is 1.38. The molecule has 0 radical (unpaired) electrons. The van der Waals surface area contributed by atoms with Gasteiger partial charge in [0.1, 0.15) is 6.10 Å². The molecule has 1 unspecified atom stereocenters. The molecule has 12 heavy (non-hydrogen) atoms. The van der Waals surface area contributed by atoms with Crippen molar-refractivity contribution in [2.24, 2.45) is 0 Å². The van der Waals surface area contributed by atoms with E-state index < -0.39 is 16.4 Å². The fourth-order valence-electron chi connectivity index (χ4n) is 0.834. The van der Waals surface area contributed by atoms with Gasteiger partial charge in [-0.1, -0.05) is 30.3 Å². The molecule has 0 heterocycles. The Balaban J connectivity index is 2.93. The average molecular weight is 184 g/mol. The van der Waals surface area contributed by atoms with Crippen molar-refractivity contribution in [2.45, 2.75) is 6.10 Å². The Kier molecular flexibility index (Phi) is 3.01. The molecule has 1 aromatic rings. The van der Waals surface area contributed by atoms with E-state index in [1.165, 1.54) is 0 Å². The van der Waals surface area contributed by atoms with Crippen molar-refractivity contribution in [3.8, 4) is 0 Å². The van der Waals surface area contributed by atoms with Gasteiger partial charge in [-0.25, -0.2) is 0 Å². The molecule has 0 aliphatic carbocycles. The zero-order valence-electron chi connectivity index (χ0n) is 6.21. The standard InChI is InChI=1S/C8H8O3S/c9-8(6-12(10)11)7-4-2-1-3-5-7/h1-6,8-9H. The number of hydrogen-bond donors (Lipinski definition) is 1. The van der Waals surface area contributed by atoms with Crippen LogP contribution in [0, 0.1) is 0 Å². The summed E-state index contributed by atoms with van der Waals surface area (Å²) in [5, 5.41) is 10.1. The molecule has 0 spiro atoms. The average Bonchev–Trinajstić information content (AvgIpc) is 2.05. The molecule has 0 saturated carbocycles.